The molecule has 4 aromatic carbocycles. The minimum Gasteiger partial charge on any atom is -0.465 e. The predicted octanol–water partition coefficient (Wildman–Crippen LogP) is 8.25. The van der Waals surface area contributed by atoms with E-state index in [1.807, 2.05) is 68.4 Å². The lowest BCUT2D eigenvalue weighted by Crippen LogP contribution is -2.49. The third-order valence-corrected chi connectivity index (χ3v) is 11.5. The van der Waals surface area contributed by atoms with Crippen LogP contribution in [0.1, 0.15) is 76.2 Å². The van der Waals surface area contributed by atoms with E-state index < -0.39 is 52.3 Å². The van der Waals surface area contributed by atoms with Crippen molar-refractivity contribution in [1.29, 1.82) is 0 Å². The molecule has 0 unspecified atom stereocenters. The molecule has 0 spiro atoms. The maximum absolute atomic E-state index is 13.6. The number of fused-ring (bicyclic) bond motifs is 2. The zero-order chi connectivity index (χ0) is 47.7. The van der Waals surface area contributed by atoms with Gasteiger partial charge in [-0.1, -0.05) is 88.4 Å². The van der Waals surface area contributed by atoms with Gasteiger partial charge in [-0.25, -0.2) is 19.2 Å². The van der Waals surface area contributed by atoms with Gasteiger partial charge in [-0.2, -0.15) is 13.2 Å². The van der Waals surface area contributed by atoms with Crippen molar-refractivity contribution < 1.29 is 60.9 Å². The number of nitrogens with one attached hydrogen (secondary N) is 2. The van der Waals surface area contributed by atoms with E-state index in [0.717, 1.165) is 39.5 Å². The monoisotopic (exact) mass is 1010 g/mol. The number of hydrogen-bond acceptors (Lipinski definition) is 10. The maximum Gasteiger partial charge on any atom is 0.417 e. The van der Waals surface area contributed by atoms with Crippen LogP contribution in [-0.2, 0) is 60.8 Å². The van der Waals surface area contributed by atoms with E-state index in [4.69, 9.17) is 14.2 Å². The summed E-state index contributed by atoms with van der Waals surface area (Å²) in [6.45, 7) is 7.74. The molecule has 14 nitrogen and oxygen atoms in total. The van der Waals surface area contributed by atoms with Crippen LogP contribution < -0.4 is 20.4 Å². The molecule has 0 radical (unpaired) electrons. The van der Waals surface area contributed by atoms with Crippen LogP contribution in [0.4, 0.5) is 34.1 Å². The van der Waals surface area contributed by atoms with Gasteiger partial charge >= 0.3 is 30.3 Å². The number of carbonyl (C=O) groups is 6. The van der Waals surface area contributed by atoms with Crippen LogP contribution in [0.15, 0.2) is 84.9 Å². The van der Waals surface area contributed by atoms with Crippen molar-refractivity contribution in [3.63, 3.8) is 0 Å². The highest BCUT2D eigenvalue weighted by atomic mass is 127. The van der Waals surface area contributed by atoms with Crippen LogP contribution in [0.3, 0.4) is 0 Å². The summed E-state index contributed by atoms with van der Waals surface area (Å²) in [4.78, 5) is 77.3. The van der Waals surface area contributed by atoms with Crippen molar-refractivity contribution in [2.75, 3.05) is 50.2 Å². The molecular weight excluding hydrogens is 964 g/mol. The number of anilines is 2. The van der Waals surface area contributed by atoms with Crippen LogP contribution in [0.5, 0.6) is 0 Å². The van der Waals surface area contributed by atoms with Gasteiger partial charge in [0.2, 0.25) is 11.8 Å². The highest BCUT2D eigenvalue weighted by Gasteiger charge is 2.43. The molecule has 4 aromatic rings. The Morgan fingerprint density at radius 2 is 1.05 bits per heavy atom. The van der Waals surface area contributed by atoms with E-state index in [1.54, 1.807) is 36.9 Å². The van der Waals surface area contributed by atoms with E-state index in [2.05, 4.69) is 38.0 Å². The fourth-order valence-corrected chi connectivity index (χ4v) is 8.14. The topological polar surface area (TPSA) is 170 Å². The summed E-state index contributed by atoms with van der Waals surface area (Å²) in [5.41, 5.74) is 0.848. The molecule has 0 atom stereocenters. The summed E-state index contributed by atoms with van der Waals surface area (Å²) in [6.07, 6.45) is -5.39. The Bertz CT molecular complexity index is 2410. The molecule has 0 saturated carbocycles. The van der Waals surface area contributed by atoms with Crippen LogP contribution in [0, 0.1) is 14.4 Å². The second kappa shape index (κ2) is 21.2. The first-order valence-corrected chi connectivity index (χ1v) is 21.5. The fourth-order valence-electron chi connectivity index (χ4n) is 7.39. The van der Waals surface area contributed by atoms with E-state index in [-0.39, 0.29) is 68.9 Å². The SMILES string of the molecule is COC(=O)c1cc2c(cc1C(F)(F)F)CC(C)(C)C(=O)N2CCNC(=O)OCc1ccccc1.COC(=O)c1cc2c(cc1I)CC(C)(C)C(=O)N2CCNC(=O)OCc1ccccc1. The number of rotatable bonds is 12. The third kappa shape index (κ3) is 12.5. The first kappa shape index (κ1) is 49.8. The van der Waals surface area contributed by atoms with Crippen molar-refractivity contribution in [2.24, 2.45) is 10.8 Å². The van der Waals surface area contributed by atoms with Gasteiger partial charge < -0.3 is 39.4 Å². The number of carbonyl (C=O) groups excluding carboxylic acids is 6. The Hall–Kier alpha value is -6.18. The standard InChI is InChI=1S/C24H25F3N2O5.C23H25IN2O5/c1-23(2)13-16-11-18(24(25,26)27)17(20(30)33-3)12-19(16)29(21(23)31)10-9-28-22(32)34-14-15-7-5-4-6-8-15;1-23(2)13-16-11-18(24)17(20(27)30-3)12-19(16)26(21(23)28)10-9-25-22(29)31-14-15-7-5-4-6-8-15/h4-8,11-12H,9-10,13-14H2,1-3H3,(H,28,32);4-8,11-12H,9-10,13-14H2,1-3H3,(H,25,29). The number of nitrogens with zero attached hydrogens (tertiary/aromatic N) is 2. The van der Waals surface area contributed by atoms with Gasteiger partial charge in [0.25, 0.3) is 0 Å². The molecular formula is C47H50F3IN4O10. The highest BCUT2D eigenvalue weighted by Crippen LogP contribution is 2.43. The number of ether oxygens (including phenoxy) is 4. The van der Waals surface area contributed by atoms with Gasteiger partial charge in [0.05, 0.1) is 30.9 Å². The molecule has 0 fully saturated rings. The molecule has 2 aliphatic heterocycles. The number of hydrogen-bond donors (Lipinski definition) is 2. The summed E-state index contributed by atoms with van der Waals surface area (Å²) in [5.74, 6) is -2.01. The molecule has 346 valence electrons. The Kier molecular flexibility index (Phi) is 16.3. The molecule has 2 aliphatic rings. The number of alkyl carbamates (subject to hydrolysis) is 2. The zero-order valence-electron chi connectivity index (χ0n) is 36.7. The predicted molar refractivity (Wildman–Crippen MR) is 242 cm³/mol. The summed E-state index contributed by atoms with van der Waals surface area (Å²) < 4.78 is 61.4. The minimum atomic E-state index is -4.78. The second-order valence-corrected chi connectivity index (χ2v) is 17.6. The van der Waals surface area contributed by atoms with E-state index >= 15 is 0 Å². The first-order chi connectivity index (χ1) is 30.7. The molecule has 18 heteroatoms. The van der Waals surface area contributed by atoms with Crippen LogP contribution in [0.2, 0.25) is 0 Å². The summed E-state index contributed by atoms with van der Waals surface area (Å²) in [6, 6.07) is 24.0. The normalized spacial score (nSPS) is 14.7. The quantitative estimate of drug-likeness (QED) is 0.0801. The van der Waals surface area contributed by atoms with E-state index in [9.17, 15) is 41.9 Å². The van der Waals surface area contributed by atoms with Crippen molar-refractivity contribution >= 4 is 69.9 Å². The van der Waals surface area contributed by atoms with Crippen molar-refractivity contribution in [1.82, 2.24) is 10.6 Å². The molecule has 0 aliphatic carbocycles. The Morgan fingerprint density at radius 3 is 1.46 bits per heavy atom. The van der Waals surface area contributed by atoms with Gasteiger partial charge in [-0.3, -0.25) is 9.59 Å². The maximum atomic E-state index is 13.6. The van der Waals surface area contributed by atoms with Crippen molar-refractivity contribution in [2.45, 2.75) is 59.9 Å². The van der Waals surface area contributed by atoms with Crippen LogP contribution in [0.25, 0.3) is 0 Å². The molecule has 0 bridgehead atoms. The lowest BCUT2D eigenvalue weighted by atomic mass is 9.79. The summed E-state index contributed by atoms with van der Waals surface area (Å²) in [7, 11) is 2.31. The van der Waals surface area contributed by atoms with Crippen LogP contribution >= 0.6 is 22.6 Å². The van der Waals surface area contributed by atoms with E-state index in [1.165, 1.54) is 12.0 Å². The van der Waals surface area contributed by atoms with Gasteiger partial charge in [-0.05, 0) is 82.0 Å². The van der Waals surface area contributed by atoms with Gasteiger partial charge in [-0.15, -0.1) is 0 Å². The highest BCUT2D eigenvalue weighted by molar-refractivity contribution is 14.1. The third-order valence-electron chi connectivity index (χ3n) is 10.6. The Labute approximate surface area is 388 Å². The molecule has 2 N–H and O–H groups in total. The second-order valence-electron chi connectivity index (χ2n) is 16.5. The number of benzene rings is 4. The molecule has 0 saturated heterocycles. The Morgan fingerprint density at radius 1 is 0.646 bits per heavy atom. The molecule has 2 heterocycles. The van der Waals surface area contributed by atoms with E-state index in [0.29, 0.717) is 17.7 Å². The minimum absolute atomic E-state index is 0.0105. The largest absolute Gasteiger partial charge is 0.465 e. The van der Waals surface area contributed by atoms with Crippen molar-refractivity contribution in [3.8, 4) is 0 Å². The average Bonchev–Trinajstić information content (AvgIpc) is 3.27. The number of alkyl halides is 3. The average molecular weight is 1010 g/mol. The van der Waals surface area contributed by atoms with Crippen LogP contribution in [-0.4, -0.2) is 76.3 Å². The van der Waals surface area contributed by atoms with Gasteiger partial charge in [0, 0.05) is 52.0 Å². The summed E-state index contributed by atoms with van der Waals surface area (Å²) >= 11 is 2.10. The van der Waals surface area contributed by atoms with Crippen molar-refractivity contribution in [3.05, 3.63) is 127 Å². The number of amides is 4. The fraction of sp³-hybridized carbons (Fsp3) is 0.362. The molecule has 0 aromatic heterocycles. The van der Waals surface area contributed by atoms with Gasteiger partial charge in [0.15, 0.2) is 0 Å². The lowest BCUT2D eigenvalue weighted by molar-refractivity contribution is -0.138. The van der Waals surface area contributed by atoms with Gasteiger partial charge in [0.1, 0.15) is 13.2 Å². The Balaban J connectivity index is 0.000000245. The molecule has 6 rings (SSSR count). The smallest absolute Gasteiger partial charge is 0.417 e. The zero-order valence-corrected chi connectivity index (χ0v) is 38.9. The number of esters is 2. The summed E-state index contributed by atoms with van der Waals surface area (Å²) in [5, 5.41) is 5.23. The lowest BCUT2D eigenvalue weighted by Gasteiger charge is -2.39. The molecule has 4 amide bonds. The number of halogens is 4. The number of methoxy groups -OCH3 is 2. The molecule has 65 heavy (non-hydrogen) atoms. The first-order valence-electron chi connectivity index (χ1n) is 20.4.